The maximum absolute atomic E-state index is 13.7. The predicted octanol–water partition coefficient (Wildman–Crippen LogP) is 2.82. The fraction of sp³-hybridized carbons (Fsp3) is 0.0769. The summed E-state index contributed by atoms with van der Waals surface area (Å²) >= 11 is 0. The van der Waals surface area contributed by atoms with E-state index in [1.807, 2.05) is 13.0 Å². The second kappa shape index (κ2) is 3.80. The third-order valence-corrected chi connectivity index (χ3v) is 3.02. The standard InChI is InChI=1S/C13H10FN3O/c1-7-11(12-8(6-18)5-15-17-12)9-3-2-4-10(14)13(9)16-7/h2-6,16H,1H3,(H,15,17). The Morgan fingerprint density at radius 2 is 2.22 bits per heavy atom. The fourth-order valence-electron chi connectivity index (χ4n) is 2.22. The van der Waals surface area contributed by atoms with Gasteiger partial charge in [-0.25, -0.2) is 4.39 Å². The molecule has 5 heteroatoms. The van der Waals surface area contributed by atoms with Crippen LogP contribution < -0.4 is 0 Å². The minimum atomic E-state index is -0.311. The van der Waals surface area contributed by atoms with Gasteiger partial charge in [0.1, 0.15) is 5.82 Å². The number of para-hydroxylation sites is 1. The Morgan fingerprint density at radius 3 is 3.00 bits per heavy atom. The first-order valence-electron chi connectivity index (χ1n) is 5.48. The van der Waals surface area contributed by atoms with Crippen LogP contribution >= 0.6 is 0 Å². The summed E-state index contributed by atoms with van der Waals surface area (Å²) in [4.78, 5) is 13.9. The summed E-state index contributed by atoms with van der Waals surface area (Å²) in [5.74, 6) is -0.311. The number of aromatic nitrogens is 3. The van der Waals surface area contributed by atoms with Gasteiger partial charge >= 0.3 is 0 Å². The molecule has 0 saturated heterocycles. The van der Waals surface area contributed by atoms with Crippen molar-refractivity contribution in [2.24, 2.45) is 0 Å². The van der Waals surface area contributed by atoms with E-state index in [0.29, 0.717) is 16.8 Å². The third-order valence-electron chi connectivity index (χ3n) is 3.02. The Bertz CT molecular complexity index is 742. The van der Waals surface area contributed by atoms with Gasteiger partial charge < -0.3 is 4.98 Å². The number of hydrogen-bond donors (Lipinski definition) is 2. The molecular weight excluding hydrogens is 233 g/mol. The zero-order chi connectivity index (χ0) is 12.7. The smallest absolute Gasteiger partial charge is 0.153 e. The lowest BCUT2D eigenvalue weighted by Crippen LogP contribution is -1.85. The number of aromatic amines is 2. The number of halogens is 1. The highest BCUT2D eigenvalue weighted by Crippen LogP contribution is 2.33. The van der Waals surface area contributed by atoms with E-state index >= 15 is 0 Å². The summed E-state index contributed by atoms with van der Waals surface area (Å²) in [5.41, 5.74) is 3.09. The van der Waals surface area contributed by atoms with Crippen molar-refractivity contribution in [2.75, 3.05) is 0 Å². The third kappa shape index (κ3) is 1.37. The molecule has 18 heavy (non-hydrogen) atoms. The van der Waals surface area contributed by atoms with Crippen molar-refractivity contribution in [1.29, 1.82) is 0 Å². The van der Waals surface area contributed by atoms with Crippen molar-refractivity contribution in [1.82, 2.24) is 15.2 Å². The number of benzene rings is 1. The molecule has 4 nitrogen and oxygen atoms in total. The molecular formula is C13H10FN3O. The lowest BCUT2D eigenvalue weighted by Gasteiger charge is -1.99. The van der Waals surface area contributed by atoms with E-state index < -0.39 is 0 Å². The molecule has 0 aliphatic rings. The van der Waals surface area contributed by atoms with Gasteiger partial charge in [-0.2, -0.15) is 5.10 Å². The van der Waals surface area contributed by atoms with Crippen LogP contribution in [-0.4, -0.2) is 21.5 Å². The molecule has 0 aliphatic heterocycles. The lowest BCUT2D eigenvalue weighted by molar-refractivity contribution is 0.112. The lowest BCUT2D eigenvalue weighted by atomic mass is 10.1. The molecule has 0 radical (unpaired) electrons. The highest BCUT2D eigenvalue weighted by Gasteiger charge is 2.16. The zero-order valence-corrected chi connectivity index (χ0v) is 9.62. The number of aryl methyl sites for hydroxylation is 1. The van der Waals surface area contributed by atoms with E-state index in [2.05, 4.69) is 15.2 Å². The Morgan fingerprint density at radius 1 is 1.39 bits per heavy atom. The number of rotatable bonds is 2. The molecule has 2 heterocycles. The average molecular weight is 243 g/mol. The first-order valence-corrected chi connectivity index (χ1v) is 5.48. The van der Waals surface area contributed by atoms with Crippen LogP contribution in [0.3, 0.4) is 0 Å². The normalized spacial score (nSPS) is 11.0. The summed E-state index contributed by atoms with van der Waals surface area (Å²) in [6.45, 7) is 1.84. The second-order valence-corrected chi connectivity index (χ2v) is 4.11. The monoisotopic (exact) mass is 243 g/mol. The molecule has 0 unspecified atom stereocenters. The van der Waals surface area contributed by atoms with Crippen molar-refractivity contribution in [3.63, 3.8) is 0 Å². The van der Waals surface area contributed by atoms with E-state index in [0.717, 1.165) is 22.9 Å². The Kier molecular flexibility index (Phi) is 2.26. The van der Waals surface area contributed by atoms with Crippen molar-refractivity contribution >= 4 is 17.2 Å². The van der Waals surface area contributed by atoms with Gasteiger partial charge in [0.25, 0.3) is 0 Å². The number of nitrogens with one attached hydrogen (secondary N) is 2. The van der Waals surface area contributed by atoms with E-state index in [1.165, 1.54) is 12.3 Å². The maximum atomic E-state index is 13.7. The maximum Gasteiger partial charge on any atom is 0.153 e. The summed E-state index contributed by atoms with van der Waals surface area (Å²) in [7, 11) is 0. The number of nitrogens with zero attached hydrogens (tertiary/aromatic N) is 1. The van der Waals surface area contributed by atoms with Gasteiger partial charge in [0.15, 0.2) is 6.29 Å². The largest absolute Gasteiger partial charge is 0.356 e. The van der Waals surface area contributed by atoms with Crippen LogP contribution in [0.2, 0.25) is 0 Å². The summed E-state index contributed by atoms with van der Waals surface area (Å²) < 4.78 is 13.7. The van der Waals surface area contributed by atoms with Gasteiger partial charge in [0.2, 0.25) is 0 Å². The van der Waals surface area contributed by atoms with Crippen molar-refractivity contribution < 1.29 is 9.18 Å². The van der Waals surface area contributed by atoms with Crippen LogP contribution in [0.25, 0.3) is 22.2 Å². The molecule has 2 N–H and O–H groups in total. The number of hydrogen-bond acceptors (Lipinski definition) is 2. The van der Waals surface area contributed by atoms with Crippen LogP contribution in [0, 0.1) is 12.7 Å². The van der Waals surface area contributed by atoms with Crippen molar-refractivity contribution in [2.45, 2.75) is 6.92 Å². The molecule has 3 rings (SSSR count). The minimum Gasteiger partial charge on any atom is -0.356 e. The van der Waals surface area contributed by atoms with Crippen LogP contribution in [0.5, 0.6) is 0 Å². The van der Waals surface area contributed by atoms with E-state index in [1.54, 1.807) is 6.07 Å². The fourth-order valence-corrected chi connectivity index (χ4v) is 2.22. The number of carbonyl (C=O) groups excluding carboxylic acids is 1. The molecule has 2 aromatic heterocycles. The van der Waals surface area contributed by atoms with E-state index in [-0.39, 0.29) is 5.82 Å². The second-order valence-electron chi connectivity index (χ2n) is 4.11. The molecule has 0 saturated carbocycles. The molecule has 1 aromatic carbocycles. The summed E-state index contributed by atoms with van der Waals surface area (Å²) in [6, 6.07) is 4.85. The molecule has 0 spiro atoms. The number of H-pyrrole nitrogens is 2. The van der Waals surface area contributed by atoms with Crippen LogP contribution in [-0.2, 0) is 0 Å². The molecule has 0 bridgehead atoms. The number of aldehydes is 1. The molecule has 0 amide bonds. The Hall–Kier alpha value is -2.43. The average Bonchev–Trinajstić information content (AvgIpc) is 2.93. The molecule has 0 fully saturated rings. The van der Waals surface area contributed by atoms with Crippen LogP contribution in [0.4, 0.5) is 4.39 Å². The van der Waals surface area contributed by atoms with Gasteiger partial charge in [-0.3, -0.25) is 9.89 Å². The van der Waals surface area contributed by atoms with Gasteiger partial charge in [-0.05, 0) is 13.0 Å². The van der Waals surface area contributed by atoms with Crippen molar-refractivity contribution in [3.8, 4) is 11.3 Å². The predicted molar refractivity (Wildman–Crippen MR) is 66.0 cm³/mol. The summed E-state index contributed by atoms with van der Waals surface area (Å²) in [6.07, 6.45) is 2.19. The summed E-state index contributed by atoms with van der Waals surface area (Å²) in [5, 5.41) is 7.38. The molecule has 90 valence electrons. The van der Waals surface area contributed by atoms with Crippen LogP contribution in [0.15, 0.2) is 24.4 Å². The van der Waals surface area contributed by atoms with Gasteiger partial charge in [-0.1, -0.05) is 12.1 Å². The Balaban J connectivity index is 2.39. The van der Waals surface area contributed by atoms with Gasteiger partial charge in [0, 0.05) is 16.6 Å². The Labute approximate surface area is 102 Å². The minimum absolute atomic E-state index is 0.311. The highest BCUT2D eigenvalue weighted by atomic mass is 19.1. The van der Waals surface area contributed by atoms with E-state index in [9.17, 15) is 9.18 Å². The molecule has 0 atom stereocenters. The van der Waals surface area contributed by atoms with Crippen LogP contribution in [0.1, 0.15) is 16.1 Å². The zero-order valence-electron chi connectivity index (χ0n) is 9.62. The number of fused-ring (bicyclic) bond motifs is 1. The quantitative estimate of drug-likeness (QED) is 0.680. The first kappa shape index (κ1) is 10.7. The highest BCUT2D eigenvalue weighted by molar-refractivity contribution is 6.00. The van der Waals surface area contributed by atoms with E-state index in [4.69, 9.17) is 0 Å². The SMILES string of the molecule is Cc1[nH]c2c(F)cccc2c1-c1[nH]ncc1C=O. The topological polar surface area (TPSA) is 61.5 Å². The van der Waals surface area contributed by atoms with Gasteiger partial charge in [-0.15, -0.1) is 0 Å². The van der Waals surface area contributed by atoms with Gasteiger partial charge in [0.05, 0.1) is 23.0 Å². The van der Waals surface area contributed by atoms with Crippen molar-refractivity contribution in [3.05, 3.63) is 41.5 Å². The first-order chi connectivity index (χ1) is 8.72. The number of carbonyl (C=O) groups is 1. The molecule has 3 aromatic rings. The molecule has 0 aliphatic carbocycles.